The highest BCUT2D eigenvalue weighted by molar-refractivity contribution is 5.69. The van der Waals surface area contributed by atoms with Crippen molar-refractivity contribution in [1.82, 2.24) is 0 Å². The molecule has 17 heavy (non-hydrogen) atoms. The number of rotatable bonds is 12. The highest BCUT2D eigenvalue weighted by Gasteiger charge is 2.01. The first-order chi connectivity index (χ1) is 8.31. The Labute approximate surface area is 106 Å². The Bertz CT molecular complexity index is 169. The first-order valence-electron chi connectivity index (χ1n) is 7.07. The van der Waals surface area contributed by atoms with E-state index >= 15 is 0 Å². The molecule has 0 aliphatic rings. The predicted octanol–water partition coefficient (Wildman–Crippen LogP) is 3.44. The first kappa shape index (κ1) is 16.4. The minimum atomic E-state index is -0.0449. The lowest BCUT2D eigenvalue weighted by Crippen LogP contribution is -2.05. The minimum absolute atomic E-state index is 0.0449. The van der Waals surface area contributed by atoms with Crippen LogP contribution in [0.25, 0.3) is 0 Å². The van der Waals surface area contributed by atoms with E-state index in [0.717, 1.165) is 57.8 Å². The van der Waals surface area contributed by atoms with E-state index in [0.29, 0.717) is 19.6 Å². The largest absolute Gasteiger partial charge is 0.466 e. The van der Waals surface area contributed by atoms with Gasteiger partial charge in [-0.15, -0.1) is 0 Å². The summed E-state index contributed by atoms with van der Waals surface area (Å²) in [4.78, 5) is 11.3. The van der Waals surface area contributed by atoms with E-state index in [2.05, 4.69) is 6.92 Å². The summed E-state index contributed by atoms with van der Waals surface area (Å²) in [5.74, 6) is -0.0449. The lowest BCUT2D eigenvalue weighted by molar-refractivity contribution is -0.143. The molecule has 0 saturated carbocycles. The second-order valence-corrected chi connectivity index (χ2v) is 4.52. The van der Waals surface area contributed by atoms with Crippen molar-refractivity contribution >= 4 is 5.97 Å². The van der Waals surface area contributed by atoms with E-state index in [9.17, 15) is 4.79 Å². The van der Waals surface area contributed by atoms with Crippen LogP contribution in [-0.2, 0) is 9.53 Å². The Hall–Kier alpha value is -0.570. The maximum atomic E-state index is 11.3. The summed E-state index contributed by atoms with van der Waals surface area (Å²) in [6, 6.07) is 0. The Balaban J connectivity index is 3.11. The van der Waals surface area contributed by atoms with Crippen molar-refractivity contribution < 1.29 is 14.6 Å². The average Bonchev–Trinajstić information content (AvgIpc) is 2.33. The average molecular weight is 244 g/mol. The summed E-state index contributed by atoms with van der Waals surface area (Å²) < 4.78 is 5.12. The SMILES string of the molecule is CCCCCOC(=O)CCCCCCCCO. The van der Waals surface area contributed by atoms with Crippen molar-refractivity contribution in [3.05, 3.63) is 0 Å². The number of unbranched alkanes of at least 4 members (excludes halogenated alkanes) is 7. The van der Waals surface area contributed by atoms with Crippen molar-refractivity contribution in [3.8, 4) is 0 Å². The van der Waals surface area contributed by atoms with Crippen LogP contribution >= 0.6 is 0 Å². The fourth-order valence-corrected chi connectivity index (χ4v) is 1.70. The number of carbonyl (C=O) groups is 1. The third kappa shape index (κ3) is 13.4. The van der Waals surface area contributed by atoms with Gasteiger partial charge in [0.1, 0.15) is 0 Å². The zero-order valence-corrected chi connectivity index (χ0v) is 11.2. The second kappa shape index (κ2) is 13.5. The topological polar surface area (TPSA) is 46.5 Å². The van der Waals surface area contributed by atoms with E-state index in [1.807, 2.05) is 0 Å². The van der Waals surface area contributed by atoms with Gasteiger partial charge in [-0.05, 0) is 19.3 Å². The molecule has 0 fully saturated rings. The molecule has 0 amide bonds. The summed E-state index contributed by atoms with van der Waals surface area (Å²) in [7, 11) is 0. The molecule has 0 heterocycles. The molecule has 0 spiro atoms. The number of carbonyl (C=O) groups excluding carboxylic acids is 1. The highest BCUT2D eigenvalue weighted by atomic mass is 16.5. The molecule has 0 aliphatic carbocycles. The van der Waals surface area contributed by atoms with Crippen LogP contribution in [0.5, 0.6) is 0 Å². The van der Waals surface area contributed by atoms with Crippen molar-refractivity contribution in [1.29, 1.82) is 0 Å². The molecular formula is C14H28O3. The van der Waals surface area contributed by atoms with Crippen molar-refractivity contribution in [2.75, 3.05) is 13.2 Å². The third-order valence-corrected chi connectivity index (χ3v) is 2.80. The predicted molar refractivity (Wildman–Crippen MR) is 69.9 cm³/mol. The maximum Gasteiger partial charge on any atom is 0.305 e. The Morgan fingerprint density at radius 3 is 2.24 bits per heavy atom. The van der Waals surface area contributed by atoms with Crippen LogP contribution in [0.15, 0.2) is 0 Å². The van der Waals surface area contributed by atoms with Gasteiger partial charge in [0.05, 0.1) is 6.61 Å². The molecular weight excluding hydrogens is 216 g/mol. The van der Waals surface area contributed by atoms with Crippen molar-refractivity contribution in [2.24, 2.45) is 0 Å². The van der Waals surface area contributed by atoms with Crippen LogP contribution < -0.4 is 0 Å². The molecule has 0 bridgehead atoms. The molecule has 0 saturated heterocycles. The van der Waals surface area contributed by atoms with Gasteiger partial charge in [-0.1, -0.05) is 45.4 Å². The maximum absolute atomic E-state index is 11.3. The van der Waals surface area contributed by atoms with Gasteiger partial charge in [-0.3, -0.25) is 4.79 Å². The molecule has 0 atom stereocenters. The zero-order valence-electron chi connectivity index (χ0n) is 11.2. The normalized spacial score (nSPS) is 10.5. The van der Waals surface area contributed by atoms with Crippen LogP contribution in [0.2, 0.25) is 0 Å². The lowest BCUT2D eigenvalue weighted by atomic mass is 10.1. The number of ether oxygens (including phenoxy) is 1. The summed E-state index contributed by atoms with van der Waals surface area (Å²) in [5, 5.41) is 8.60. The zero-order chi connectivity index (χ0) is 12.8. The van der Waals surface area contributed by atoms with Crippen LogP contribution in [0.4, 0.5) is 0 Å². The van der Waals surface area contributed by atoms with E-state index < -0.39 is 0 Å². The Morgan fingerprint density at radius 2 is 1.59 bits per heavy atom. The number of aliphatic hydroxyl groups excluding tert-OH is 1. The number of hydrogen-bond acceptors (Lipinski definition) is 3. The first-order valence-corrected chi connectivity index (χ1v) is 7.07. The summed E-state index contributed by atoms with van der Waals surface area (Å²) in [6.07, 6.45) is 10.2. The molecule has 0 aromatic rings. The number of aliphatic hydroxyl groups is 1. The standard InChI is InChI=1S/C14H28O3/c1-2-3-10-13-17-14(16)11-8-6-4-5-7-9-12-15/h15H,2-13H2,1H3. The van der Waals surface area contributed by atoms with Crippen molar-refractivity contribution in [2.45, 2.75) is 71.1 Å². The Morgan fingerprint density at radius 1 is 0.941 bits per heavy atom. The lowest BCUT2D eigenvalue weighted by Gasteiger charge is -2.04. The molecule has 0 aliphatic heterocycles. The van der Waals surface area contributed by atoms with Crippen LogP contribution in [-0.4, -0.2) is 24.3 Å². The highest BCUT2D eigenvalue weighted by Crippen LogP contribution is 2.07. The quantitative estimate of drug-likeness (QED) is 0.422. The van der Waals surface area contributed by atoms with E-state index in [-0.39, 0.29) is 5.97 Å². The van der Waals surface area contributed by atoms with Gasteiger partial charge in [-0.2, -0.15) is 0 Å². The van der Waals surface area contributed by atoms with Gasteiger partial charge < -0.3 is 9.84 Å². The smallest absolute Gasteiger partial charge is 0.305 e. The molecule has 0 aromatic heterocycles. The van der Waals surface area contributed by atoms with E-state index in [4.69, 9.17) is 9.84 Å². The summed E-state index contributed by atoms with van der Waals surface area (Å²) >= 11 is 0. The third-order valence-electron chi connectivity index (χ3n) is 2.80. The van der Waals surface area contributed by atoms with Crippen LogP contribution in [0, 0.1) is 0 Å². The molecule has 3 heteroatoms. The van der Waals surface area contributed by atoms with E-state index in [1.54, 1.807) is 0 Å². The monoisotopic (exact) mass is 244 g/mol. The fourth-order valence-electron chi connectivity index (χ4n) is 1.70. The Kier molecular flexibility index (Phi) is 13.0. The molecule has 0 aromatic carbocycles. The van der Waals surface area contributed by atoms with Crippen LogP contribution in [0.3, 0.4) is 0 Å². The summed E-state index contributed by atoms with van der Waals surface area (Å²) in [6.45, 7) is 3.02. The number of esters is 1. The molecule has 102 valence electrons. The van der Waals surface area contributed by atoms with E-state index in [1.165, 1.54) is 0 Å². The van der Waals surface area contributed by atoms with Gasteiger partial charge in [-0.25, -0.2) is 0 Å². The molecule has 0 unspecified atom stereocenters. The molecule has 0 rings (SSSR count). The van der Waals surface area contributed by atoms with Gasteiger partial charge in [0, 0.05) is 13.0 Å². The molecule has 3 nitrogen and oxygen atoms in total. The molecule has 1 N–H and O–H groups in total. The summed E-state index contributed by atoms with van der Waals surface area (Å²) in [5.41, 5.74) is 0. The minimum Gasteiger partial charge on any atom is -0.466 e. The second-order valence-electron chi connectivity index (χ2n) is 4.52. The van der Waals surface area contributed by atoms with Crippen LogP contribution in [0.1, 0.15) is 71.1 Å². The van der Waals surface area contributed by atoms with Gasteiger partial charge in [0.15, 0.2) is 0 Å². The van der Waals surface area contributed by atoms with Gasteiger partial charge in [0.25, 0.3) is 0 Å². The number of hydrogen-bond donors (Lipinski definition) is 1. The van der Waals surface area contributed by atoms with Crippen molar-refractivity contribution in [3.63, 3.8) is 0 Å². The fraction of sp³-hybridized carbons (Fsp3) is 0.929. The van der Waals surface area contributed by atoms with Gasteiger partial charge >= 0.3 is 5.97 Å². The van der Waals surface area contributed by atoms with Gasteiger partial charge in [0.2, 0.25) is 0 Å². The molecule has 0 radical (unpaired) electrons.